The topological polar surface area (TPSA) is 66.2 Å². The number of benzene rings is 1. The highest BCUT2D eigenvalue weighted by molar-refractivity contribution is 5.78. The molecule has 0 unspecified atom stereocenters. The smallest absolute Gasteiger partial charge is 0.222 e. The minimum absolute atomic E-state index is 0.607. The molecule has 0 aliphatic carbocycles. The van der Waals surface area contributed by atoms with E-state index < -0.39 is 0 Å². The van der Waals surface area contributed by atoms with E-state index in [1.54, 1.807) is 6.21 Å². The summed E-state index contributed by atoms with van der Waals surface area (Å²) in [5, 5.41) is 4.06. The van der Waals surface area contributed by atoms with Crippen LogP contribution in [0.15, 0.2) is 45.9 Å². The van der Waals surface area contributed by atoms with Gasteiger partial charge in [0, 0.05) is 0 Å². The number of hydrogen-bond acceptors (Lipinski definition) is 4. The number of hydrogen-bond donors (Lipinski definition) is 2. The number of aryl methyl sites for hydroxylation is 1. The van der Waals surface area contributed by atoms with Gasteiger partial charge in [0.2, 0.25) is 5.95 Å². The molecule has 18 heavy (non-hydrogen) atoms. The van der Waals surface area contributed by atoms with Crippen LogP contribution in [0, 0.1) is 6.92 Å². The van der Waals surface area contributed by atoms with Crippen molar-refractivity contribution in [3.05, 3.63) is 47.9 Å². The Labute approximate surface area is 104 Å². The van der Waals surface area contributed by atoms with Gasteiger partial charge in [0.1, 0.15) is 11.5 Å². The summed E-state index contributed by atoms with van der Waals surface area (Å²) in [6.07, 6.45) is 1.61. The Morgan fingerprint density at radius 3 is 2.94 bits per heavy atom. The number of para-hydroxylation sites is 2. The molecule has 0 saturated heterocycles. The van der Waals surface area contributed by atoms with Crippen LogP contribution in [-0.2, 0) is 0 Å². The normalized spacial score (nSPS) is 11.4. The van der Waals surface area contributed by atoms with Crippen LogP contribution in [0.3, 0.4) is 0 Å². The molecule has 0 aliphatic rings. The van der Waals surface area contributed by atoms with E-state index in [2.05, 4.69) is 20.5 Å². The Morgan fingerprint density at radius 2 is 2.17 bits per heavy atom. The van der Waals surface area contributed by atoms with Crippen molar-refractivity contribution >= 4 is 23.2 Å². The van der Waals surface area contributed by atoms with Gasteiger partial charge in [-0.05, 0) is 31.2 Å². The summed E-state index contributed by atoms with van der Waals surface area (Å²) in [6, 6.07) is 11.6. The van der Waals surface area contributed by atoms with E-state index in [-0.39, 0.29) is 0 Å². The highest BCUT2D eigenvalue weighted by Crippen LogP contribution is 2.13. The Bertz CT molecular complexity index is 663. The molecule has 0 bridgehead atoms. The summed E-state index contributed by atoms with van der Waals surface area (Å²) in [4.78, 5) is 7.46. The summed E-state index contributed by atoms with van der Waals surface area (Å²) in [5.41, 5.74) is 4.72. The Balaban J connectivity index is 1.74. The molecule has 5 nitrogen and oxygen atoms in total. The lowest BCUT2D eigenvalue weighted by molar-refractivity contribution is 0.528. The number of nitrogens with one attached hydrogen (secondary N) is 2. The van der Waals surface area contributed by atoms with Crippen molar-refractivity contribution in [2.45, 2.75) is 6.92 Å². The fraction of sp³-hybridized carbons (Fsp3) is 0.0769. The third-order valence-corrected chi connectivity index (χ3v) is 2.51. The molecular weight excluding hydrogens is 228 g/mol. The molecule has 0 amide bonds. The van der Waals surface area contributed by atoms with Crippen LogP contribution in [0.25, 0.3) is 11.0 Å². The number of fused-ring (bicyclic) bond motifs is 1. The van der Waals surface area contributed by atoms with Crippen LogP contribution in [0.4, 0.5) is 5.95 Å². The van der Waals surface area contributed by atoms with Crippen molar-refractivity contribution in [2.75, 3.05) is 5.43 Å². The van der Waals surface area contributed by atoms with Crippen molar-refractivity contribution < 1.29 is 4.42 Å². The second-order valence-corrected chi connectivity index (χ2v) is 3.92. The lowest BCUT2D eigenvalue weighted by Gasteiger charge is -1.91. The number of anilines is 1. The first-order valence-electron chi connectivity index (χ1n) is 5.61. The molecule has 2 aromatic heterocycles. The van der Waals surface area contributed by atoms with Crippen LogP contribution >= 0.6 is 0 Å². The number of imidazole rings is 1. The van der Waals surface area contributed by atoms with Gasteiger partial charge in [-0.25, -0.2) is 10.4 Å². The monoisotopic (exact) mass is 240 g/mol. The number of H-pyrrole nitrogens is 1. The third kappa shape index (κ3) is 2.10. The molecule has 3 rings (SSSR count). The zero-order valence-electron chi connectivity index (χ0n) is 9.84. The van der Waals surface area contributed by atoms with E-state index >= 15 is 0 Å². The van der Waals surface area contributed by atoms with Crippen molar-refractivity contribution in [1.29, 1.82) is 0 Å². The van der Waals surface area contributed by atoms with Gasteiger partial charge in [-0.1, -0.05) is 12.1 Å². The van der Waals surface area contributed by atoms with Gasteiger partial charge < -0.3 is 9.40 Å². The minimum atomic E-state index is 0.607. The molecule has 1 aromatic carbocycles. The fourth-order valence-electron chi connectivity index (χ4n) is 1.69. The fourth-order valence-corrected chi connectivity index (χ4v) is 1.69. The van der Waals surface area contributed by atoms with E-state index in [0.717, 1.165) is 16.8 Å². The summed E-state index contributed by atoms with van der Waals surface area (Å²) in [7, 11) is 0. The van der Waals surface area contributed by atoms with Gasteiger partial charge in [-0.2, -0.15) is 5.10 Å². The lowest BCUT2D eigenvalue weighted by Crippen LogP contribution is -1.91. The second kappa shape index (κ2) is 4.37. The number of aromatic nitrogens is 2. The third-order valence-electron chi connectivity index (χ3n) is 2.51. The first kappa shape index (κ1) is 10.6. The van der Waals surface area contributed by atoms with Crippen LogP contribution in [-0.4, -0.2) is 16.2 Å². The van der Waals surface area contributed by atoms with Gasteiger partial charge in [0.15, 0.2) is 0 Å². The predicted molar refractivity (Wildman–Crippen MR) is 70.8 cm³/mol. The van der Waals surface area contributed by atoms with Crippen LogP contribution in [0.2, 0.25) is 0 Å². The van der Waals surface area contributed by atoms with Gasteiger partial charge in [-0.3, -0.25) is 0 Å². The SMILES string of the molecule is Cc1ccc(C=NNc2nc3ccccc3[nH]2)o1. The zero-order valence-corrected chi connectivity index (χ0v) is 9.84. The number of furan rings is 1. The molecule has 2 N–H and O–H groups in total. The molecule has 0 saturated carbocycles. The average molecular weight is 240 g/mol. The van der Waals surface area contributed by atoms with Crippen LogP contribution in [0.1, 0.15) is 11.5 Å². The van der Waals surface area contributed by atoms with Gasteiger partial charge >= 0.3 is 0 Å². The Kier molecular flexibility index (Phi) is 2.57. The summed E-state index contributed by atoms with van der Waals surface area (Å²) < 4.78 is 5.36. The average Bonchev–Trinajstić information content (AvgIpc) is 2.95. The predicted octanol–water partition coefficient (Wildman–Crippen LogP) is 2.91. The maximum absolute atomic E-state index is 5.36. The van der Waals surface area contributed by atoms with Crippen molar-refractivity contribution in [1.82, 2.24) is 9.97 Å². The number of aromatic amines is 1. The first-order valence-corrected chi connectivity index (χ1v) is 5.61. The Morgan fingerprint density at radius 1 is 1.28 bits per heavy atom. The van der Waals surface area contributed by atoms with Crippen LogP contribution < -0.4 is 5.43 Å². The molecule has 5 heteroatoms. The molecular formula is C13H12N4O. The van der Waals surface area contributed by atoms with Crippen LogP contribution in [0.5, 0.6) is 0 Å². The largest absolute Gasteiger partial charge is 0.460 e. The molecule has 90 valence electrons. The summed E-state index contributed by atoms with van der Waals surface area (Å²) in [5.74, 6) is 2.17. The van der Waals surface area contributed by atoms with Gasteiger partial charge in [0.05, 0.1) is 17.2 Å². The highest BCUT2D eigenvalue weighted by atomic mass is 16.3. The molecule has 0 radical (unpaired) electrons. The van der Waals surface area contributed by atoms with E-state index in [4.69, 9.17) is 4.42 Å². The Hall–Kier alpha value is -2.56. The quantitative estimate of drug-likeness (QED) is 0.546. The maximum atomic E-state index is 5.36. The van der Waals surface area contributed by atoms with E-state index in [1.165, 1.54) is 0 Å². The maximum Gasteiger partial charge on any atom is 0.222 e. The minimum Gasteiger partial charge on any atom is -0.460 e. The van der Waals surface area contributed by atoms with E-state index in [0.29, 0.717) is 11.7 Å². The molecule has 2 heterocycles. The van der Waals surface area contributed by atoms with Gasteiger partial charge in [0.25, 0.3) is 0 Å². The molecule has 0 aliphatic heterocycles. The molecule has 0 atom stereocenters. The van der Waals surface area contributed by atoms with E-state index in [9.17, 15) is 0 Å². The standard InChI is InChI=1S/C13H12N4O/c1-9-6-7-10(18-9)8-14-17-13-15-11-4-2-3-5-12(11)16-13/h2-8H,1H3,(H2,15,16,17). The van der Waals surface area contributed by atoms with Crippen molar-refractivity contribution in [2.24, 2.45) is 5.10 Å². The number of rotatable bonds is 3. The zero-order chi connectivity index (χ0) is 12.4. The van der Waals surface area contributed by atoms with Gasteiger partial charge in [-0.15, -0.1) is 0 Å². The molecule has 0 fully saturated rings. The molecule has 3 aromatic rings. The second-order valence-electron chi connectivity index (χ2n) is 3.92. The van der Waals surface area contributed by atoms with Crippen molar-refractivity contribution in [3.8, 4) is 0 Å². The number of hydrazone groups is 1. The molecule has 0 spiro atoms. The first-order chi connectivity index (χ1) is 8.81. The highest BCUT2D eigenvalue weighted by Gasteiger charge is 1.99. The van der Waals surface area contributed by atoms with Crippen molar-refractivity contribution in [3.63, 3.8) is 0 Å². The number of nitrogens with zero attached hydrogens (tertiary/aromatic N) is 2. The summed E-state index contributed by atoms with van der Waals surface area (Å²) in [6.45, 7) is 1.89. The summed E-state index contributed by atoms with van der Waals surface area (Å²) >= 11 is 0. The van der Waals surface area contributed by atoms with E-state index in [1.807, 2.05) is 43.3 Å². The lowest BCUT2D eigenvalue weighted by atomic mass is 10.3.